The Hall–Kier alpha value is -0.160. The fraction of sp³-hybridized carbons (Fsp3) is 1.00. The minimum Gasteiger partial charge on any atom is -0.389 e. The molecule has 1 atom stereocenters. The number of rotatable bonds is 5. The Morgan fingerprint density at radius 2 is 1.76 bits per heavy atom. The van der Waals surface area contributed by atoms with Crippen LogP contribution in [0.4, 0.5) is 0 Å². The van der Waals surface area contributed by atoms with Crippen molar-refractivity contribution in [2.75, 3.05) is 39.5 Å². The van der Waals surface area contributed by atoms with Gasteiger partial charge in [0.2, 0.25) is 0 Å². The van der Waals surface area contributed by atoms with Crippen LogP contribution in [-0.2, 0) is 9.47 Å². The normalized spacial score (nSPS) is 30.3. The number of nitrogens with zero attached hydrogens (tertiary/aromatic N) is 1. The minimum absolute atomic E-state index is 0.350. The van der Waals surface area contributed by atoms with Gasteiger partial charge in [0.05, 0.1) is 32.0 Å². The molecule has 0 spiro atoms. The quantitative estimate of drug-likeness (QED) is 0.846. The van der Waals surface area contributed by atoms with Crippen LogP contribution in [0.3, 0.4) is 0 Å². The maximum Gasteiger partial charge on any atom is 0.0900 e. The summed E-state index contributed by atoms with van der Waals surface area (Å²) >= 11 is 0. The van der Waals surface area contributed by atoms with Gasteiger partial charge in [-0.05, 0) is 37.0 Å². The maximum absolute atomic E-state index is 10.1. The van der Waals surface area contributed by atoms with Crippen molar-refractivity contribution in [1.82, 2.24) is 4.90 Å². The molecule has 1 N–H and O–H groups in total. The maximum atomic E-state index is 10.1. The molecule has 1 unspecified atom stereocenters. The van der Waals surface area contributed by atoms with E-state index in [1.54, 1.807) is 0 Å². The Balaban J connectivity index is 1.60. The molecule has 1 heterocycles. The molecule has 124 valence electrons. The van der Waals surface area contributed by atoms with E-state index in [0.29, 0.717) is 24.7 Å². The number of aliphatic hydroxyl groups excluding tert-OH is 1. The zero-order valence-electron chi connectivity index (χ0n) is 14.0. The van der Waals surface area contributed by atoms with Crippen LogP contribution in [0, 0.1) is 11.3 Å². The first-order chi connectivity index (χ1) is 9.95. The lowest BCUT2D eigenvalue weighted by Crippen LogP contribution is -2.42. The highest BCUT2D eigenvalue weighted by Crippen LogP contribution is 2.38. The number of hydrogen-bond acceptors (Lipinski definition) is 4. The van der Waals surface area contributed by atoms with Gasteiger partial charge in [0.25, 0.3) is 0 Å². The summed E-state index contributed by atoms with van der Waals surface area (Å²) in [4.78, 5) is 2.26. The van der Waals surface area contributed by atoms with Crippen molar-refractivity contribution in [3.63, 3.8) is 0 Å². The smallest absolute Gasteiger partial charge is 0.0900 e. The molecule has 0 radical (unpaired) electrons. The van der Waals surface area contributed by atoms with Crippen LogP contribution in [-0.4, -0.2) is 61.7 Å². The SMILES string of the molecule is CC(C)(C)C1CCC(OCC(O)CN2CCOCC2)CC1. The minimum atomic E-state index is -0.372. The van der Waals surface area contributed by atoms with E-state index in [1.807, 2.05) is 0 Å². The zero-order valence-corrected chi connectivity index (χ0v) is 14.0. The summed E-state index contributed by atoms with van der Waals surface area (Å²) < 4.78 is 11.3. The standard InChI is InChI=1S/C17H33NO3/c1-17(2,3)14-4-6-16(7-5-14)21-13-15(19)12-18-8-10-20-11-9-18/h14-16,19H,4-13H2,1-3H3. The predicted octanol–water partition coefficient (Wildman–Crippen LogP) is 2.30. The molecule has 1 aliphatic carbocycles. The topological polar surface area (TPSA) is 41.9 Å². The monoisotopic (exact) mass is 299 g/mol. The van der Waals surface area contributed by atoms with Crippen LogP contribution in [0.5, 0.6) is 0 Å². The number of β-amino-alcohol motifs (C(OH)–C–C–N with tert-alkyl or cyclic N) is 1. The molecule has 0 aromatic rings. The average Bonchev–Trinajstić information content (AvgIpc) is 2.46. The average molecular weight is 299 g/mol. The van der Waals surface area contributed by atoms with Crippen molar-refractivity contribution in [3.05, 3.63) is 0 Å². The summed E-state index contributed by atoms with van der Waals surface area (Å²) in [5.74, 6) is 0.815. The fourth-order valence-corrected chi connectivity index (χ4v) is 3.48. The lowest BCUT2D eigenvalue weighted by molar-refractivity contribution is -0.0528. The van der Waals surface area contributed by atoms with E-state index in [2.05, 4.69) is 25.7 Å². The van der Waals surface area contributed by atoms with Gasteiger partial charge in [-0.15, -0.1) is 0 Å². The van der Waals surface area contributed by atoms with E-state index in [9.17, 15) is 5.11 Å². The molecule has 1 saturated heterocycles. The molecule has 4 heteroatoms. The summed E-state index contributed by atoms with van der Waals surface area (Å²) in [5, 5.41) is 10.1. The van der Waals surface area contributed by atoms with Crippen LogP contribution >= 0.6 is 0 Å². The first-order valence-electron chi connectivity index (χ1n) is 8.55. The number of hydrogen-bond donors (Lipinski definition) is 1. The van der Waals surface area contributed by atoms with Crippen molar-refractivity contribution in [2.45, 2.75) is 58.7 Å². The van der Waals surface area contributed by atoms with Crippen LogP contribution in [0.2, 0.25) is 0 Å². The summed E-state index contributed by atoms with van der Waals surface area (Å²) in [6.07, 6.45) is 4.78. The van der Waals surface area contributed by atoms with Gasteiger partial charge < -0.3 is 14.6 Å². The van der Waals surface area contributed by atoms with Crippen molar-refractivity contribution in [1.29, 1.82) is 0 Å². The van der Waals surface area contributed by atoms with Gasteiger partial charge in [0, 0.05) is 19.6 Å². The van der Waals surface area contributed by atoms with E-state index in [1.165, 1.54) is 12.8 Å². The third-order valence-corrected chi connectivity index (χ3v) is 5.00. The first kappa shape index (κ1) is 17.2. The zero-order chi connectivity index (χ0) is 15.3. The summed E-state index contributed by atoms with van der Waals surface area (Å²) in [7, 11) is 0. The Morgan fingerprint density at radius 3 is 2.33 bits per heavy atom. The van der Waals surface area contributed by atoms with Gasteiger partial charge >= 0.3 is 0 Å². The molecule has 0 amide bonds. The molecular weight excluding hydrogens is 266 g/mol. The fourth-order valence-electron chi connectivity index (χ4n) is 3.48. The van der Waals surface area contributed by atoms with Crippen LogP contribution in [0.15, 0.2) is 0 Å². The summed E-state index contributed by atoms with van der Waals surface area (Å²) in [6, 6.07) is 0. The highest BCUT2D eigenvalue weighted by molar-refractivity contribution is 4.81. The second kappa shape index (κ2) is 7.91. The molecule has 2 rings (SSSR count). The summed E-state index contributed by atoms with van der Waals surface area (Å²) in [5.41, 5.74) is 0.417. The van der Waals surface area contributed by atoms with Gasteiger partial charge in [-0.25, -0.2) is 0 Å². The molecule has 4 nitrogen and oxygen atoms in total. The van der Waals surface area contributed by atoms with Gasteiger partial charge in [0.15, 0.2) is 0 Å². The van der Waals surface area contributed by atoms with Crippen LogP contribution in [0.1, 0.15) is 46.5 Å². The van der Waals surface area contributed by atoms with E-state index < -0.39 is 0 Å². The van der Waals surface area contributed by atoms with E-state index in [4.69, 9.17) is 9.47 Å². The van der Waals surface area contributed by atoms with Crippen molar-refractivity contribution in [2.24, 2.45) is 11.3 Å². The van der Waals surface area contributed by atoms with Crippen molar-refractivity contribution >= 4 is 0 Å². The van der Waals surface area contributed by atoms with Crippen molar-refractivity contribution in [3.8, 4) is 0 Å². The Morgan fingerprint density at radius 1 is 1.14 bits per heavy atom. The lowest BCUT2D eigenvalue weighted by atomic mass is 9.72. The second-order valence-electron chi connectivity index (χ2n) is 7.74. The van der Waals surface area contributed by atoms with Crippen molar-refractivity contribution < 1.29 is 14.6 Å². The van der Waals surface area contributed by atoms with Gasteiger partial charge in [-0.1, -0.05) is 20.8 Å². The highest BCUT2D eigenvalue weighted by Gasteiger charge is 2.30. The number of aliphatic hydroxyl groups is 1. The molecular formula is C17H33NO3. The Bertz CT molecular complexity index is 289. The van der Waals surface area contributed by atoms with E-state index in [-0.39, 0.29) is 6.10 Å². The molecule has 0 aromatic heterocycles. The molecule has 2 fully saturated rings. The third kappa shape index (κ3) is 5.85. The van der Waals surface area contributed by atoms with Gasteiger partial charge in [-0.2, -0.15) is 0 Å². The Labute approximate surface area is 129 Å². The molecule has 2 aliphatic rings. The number of ether oxygens (including phenoxy) is 2. The predicted molar refractivity (Wildman–Crippen MR) is 84.4 cm³/mol. The third-order valence-electron chi connectivity index (χ3n) is 5.00. The number of morpholine rings is 1. The molecule has 0 bridgehead atoms. The largest absolute Gasteiger partial charge is 0.389 e. The second-order valence-corrected chi connectivity index (χ2v) is 7.74. The van der Waals surface area contributed by atoms with Gasteiger partial charge in [0.1, 0.15) is 0 Å². The first-order valence-corrected chi connectivity index (χ1v) is 8.55. The van der Waals surface area contributed by atoms with Crippen LogP contribution < -0.4 is 0 Å². The lowest BCUT2D eigenvalue weighted by Gasteiger charge is -2.37. The highest BCUT2D eigenvalue weighted by atomic mass is 16.5. The molecule has 1 saturated carbocycles. The summed E-state index contributed by atoms with van der Waals surface area (Å²) in [6.45, 7) is 11.6. The van der Waals surface area contributed by atoms with E-state index in [0.717, 1.165) is 45.1 Å². The molecule has 0 aromatic carbocycles. The van der Waals surface area contributed by atoms with E-state index >= 15 is 0 Å². The molecule has 1 aliphatic heterocycles. The molecule has 21 heavy (non-hydrogen) atoms. The Kier molecular flexibility index (Phi) is 6.48. The van der Waals surface area contributed by atoms with Crippen LogP contribution in [0.25, 0.3) is 0 Å². The van der Waals surface area contributed by atoms with Gasteiger partial charge in [-0.3, -0.25) is 4.90 Å².